The molecule has 0 unspecified atom stereocenters. The largest absolute Gasteiger partial charge is 0.494 e. The van der Waals surface area contributed by atoms with Gasteiger partial charge in [-0.15, -0.1) is 0 Å². The predicted molar refractivity (Wildman–Crippen MR) is 318 cm³/mol. The molecule has 5 aromatic heterocycles. The van der Waals surface area contributed by atoms with Crippen LogP contribution in [0.1, 0.15) is 27.7 Å². The van der Waals surface area contributed by atoms with Crippen LogP contribution in [0.2, 0.25) is 0 Å². The predicted octanol–water partition coefficient (Wildman–Crippen LogP) is 17.8. The summed E-state index contributed by atoms with van der Waals surface area (Å²) in [7, 11) is -0.399. The molecule has 9 nitrogen and oxygen atoms in total. The third kappa shape index (κ3) is 7.98. The summed E-state index contributed by atoms with van der Waals surface area (Å²) in [4.78, 5) is 15.3. The van der Waals surface area contributed by atoms with Crippen molar-refractivity contribution in [2.45, 2.75) is 38.9 Å². The number of fused-ring (bicyclic) bond motifs is 12. The smallest absolute Gasteiger partial charge is 0.456 e. The molecular weight excluding hydrogens is 978 g/mol. The summed E-state index contributed by atoms with van der Waals surface area (Å²) in [5.41, 5.74) is 14.2. The number of nitrogens with zero attached hydrogens (tertiary/aromatic N) is 3. The summed E-state index contributed by atoms with van der Waals surface area (Å²) in [6, 6.07) is 74.1. The number of benzene rings is 10. The van der Waals surface area contributed by atoms with Crippen molar-refractivity contribution in [3.05, 3.63) is 218 Å². The van der Waals surface area contributed by atoms with Crippen molar-refractivity contribution >= 4 is 100 Å². The highest BCUT2D eigenvalue weighted by atomic mass is 16.7. The number of para-hydroxylation sites is 2. The van der Waals surface area contributed by atoms with Gasteiger partial charge in [0, 0.05) is 59.8 Å². The Kier molecular flexibility index (Phi) is 10.6. The molecule has 10 heteroatoms. The summed E-state index contributed by atoms with van der Waals surface area (Å²) in [6.45, 7) is 8.27. The Hall–Kier alpha value is -9.61. The maximum absolute atomic E-state index is 6.37. The average Bonchev–Trinajstić information content (AvgIpc) is 4.45. The van der Waals surface area contributed by atoms with E-state index in [9.17, 15) is 0 Å². The Morgan fingerprint density at radius 2 is 0.658 bits per heavy atom. The normalized spacial score (nSPS) is 14.2. The van der Waals surface area contributed by atoms with E-state index >= 15 is 0 Å². The molecule has 16 rings (SSSR count). The van der Waals surface area contributed by atoms with Crippen LogP contribution in [-0.4, -0.2) is 33.3 Å². The first kappa shape index (κ1) is 46.7. The Morgan fingerprint density at radius 1 is 0.278 bits per heavy atom. The molecule has 6 heterocycles. The van der Waals surface area contributed by atoms with Crippen LogP contribution in [0.25, 0.3) is 144 Å². The van der Waals surface area contributed by atoms with Gasteiger partial charge in [-0.05, 0) is 116 Å². The van der Waals surface area contributed by atoms with Crippen molar-refractivity contribution < 1.29 is 27.0 Å². The minimum atomic E-state index is -0.399. The van der Waals surface area contributed by atoms with Gasteiger partial charge in [0.05, 0.1) is 11.2 Å². The van der Waals surface area contributed by atoms with Gasteiger partial charge >= 0.3 is 7.12 Å². The molecule has 0 radical (unpaired) electrons. The molecule has 10 aromatic carbocycles. The lowest BCUT2D eigenvalue weighted by Gasteiger charge is -2.32. The maximum Gasteiger partial charge on any atom is 0.494 e. The van der Waals surface area contributed by atoms with E-state index < -0.39 is 7.12 Å². The number of hydrogen-bond acceptors (Lipinski definition) is 9. The molecule has 0 bridgehead atoms. The summed E-state index contributed by atoms with van der Waals surface area (Å²) in [5, 5.41) is 8.30. The lowest BCUT2D eigenvalue weighted by molar-refractivity contribution is 0.00578. The zero-order chi connectivity index (χ0) is 53.0. The highest BCUT2D eigenvalue weighted by Crippen LogP contribution is 2.41. The molecule has 1 fully saturated rings. The highest BCUT2D eigenvalue weighted by molar-refractivity contribution is 6.62. The van der Waals surface area contributed by atoms with Gasteiger partial charge in [0.15, 0.2) is 17.5 Å². The molecule has 378 valence electrons. The monoisotopic (exact) mass is 1030 g/mol. The first-order valence-electron chi connectivity index (χ1n) is 26.6. The van der Waals surface area contributed by atoms with Gasteiger partial charge in [0.2, 0.25) is 0 Å². The van der Waals surface area contributed by atoms with Gasteiger partial charge in [0.25, 0.3) is 0 Å². The van der Waals surface area contributed by atoms with Crippen molar-refractivity contribution in [2.24, 2.45) is 0 Å². The zero-order valence-electron chi connectivity index (χ0n) is 43.7. The maximum atomic E-state index is 6.37. The Morgan fingerprint density at radius 3 is 1.23 bits per heavy atom. The van der Waals surface area contributed by atoms with Crippen molar-refractivity contribution in [3.63, 3.8) is 0 Å². The number of furan rings is 4. The standard InChI is InChI=1S/C45H27N3O2.C24H21BO4/c1-3-11-28(12-4-1)29-19-21-31(22-20-29)43-46-44(48-45(47-43)35-17-8-7-15-33(35)30-13-5-2-6-14-30)32-23-24-40-36(25-32)38-27-41-37(26-42(38)50-40)34-16-9-10-18-39(34)49-41;1-23(2)24(3,4)29-25(28-23)14-9-10-20-16(11-14)18-13-21-17(12-22(18)27-20)15-7-5-6-8-19(15)26-21/h1-27H;5-13H,1-4H3. The fraction of sp³-hybridized carbons (Fsp3) is 0.0870. The van der Waals surface area contributed by atoms with Gasteiger partial charge in [0.1, 0.15) is 44.7 Å². The molecule has 0 N–H and O–H groups in total. The molecule has 0 saturated carbocycles. The van der Waals surface area contributed by atoms with E-state index in [1.54, 1.807) is 0 Å². The average molecular weight is 1030 g/mol. The number of rotatable bonds is 6. The summed E-state index contributed by atoms with van der Waals surface area (Å²) in [6.07, 6.45) is 0. The van der Waals surface area contributed by atoms with E-state index in [0.717, 1.165) is 132 Å². The minimum absolute atomic E-state index is 0.370. The van der Waals surface area contributed by atoms with Crippen LogP contribution in [0.3, 0.4) is 0 Å². The Bertz CT molecular complexity index is 4850. The van der Waals surface area contributed by atoms with Crippen molar-refractivity contribution in [2.75, 3.05) is 0 Å². The van der Waals surface area contributed by atoms with Crippen molar-refractivity contribution in [3.8, 4) is 56.4 Å². The lowest BCUT2D eigenvalue weighted by atomic mass is 9.78. The van der Waals surface area contributed by atoms with Crippen LogP contribution in [0.15, 0.2) is 236 Å². The quantitative estimate of drug-likeness (QED) is 0.150. The molecule has 0 spiro atoms. The Balaban J connectivity index is 0.000000158. The fourth-order valence-corrected chi connectivity index (χ4v) is 11.0. The molecular formula is C69H48BN3O6. The molecule has 0 amide bonds. The third-order valence-electron chi connectivity index (χ3n) is 15.9. The van der Waals surface area contributed by atoms with E-state index in [4.69, 9.17) is 41.9 Å². The van der Waals surface area contributed by atoms with Gasteiger partial charge in [-0.1, -0.05) is 158 Å². The van der Waals surface area contributed by atoms with Gasteiger partial charge in [-0.2, -0.15) is 0 Å². The van der Waals surface area contributed by atoms with E-state index in [2.05, 4.69) is 149 Å². The second-order valence-electron chi connectivity index (χ2n) is 21.3. The first-order valence-corrected chi connectivity index (χ1v) is 26.6. The topological polar surface area (TPSA) is 110 Å². The lowest BCUT2D eigenvalue weighted by Crippen LogP contribution is -2.41. The third-order valence-corrected chi connectivity index (χ3v) is 15.9. The van der Waals surface area contributed by atoms with Crippen LogP contribution in [0.4, 0.5) is 0 Å². The van der Waals surface area contributed by atoms with Crippen molar-refractivity contribution in [1.82, 2.24) is 15.0 Å². The summed E-state index contributed by atoms with van der Waals surface area (Å²) in [5.74, 6) is 1.80. The van der Waals surface area contributed by atoms with Gasteiger partial charge in [-0.25, -0.2) is 15.0 Å². The van der Waals surface area contributed by atoms with Crippen LogP contribution in [0.5, 0.6) is 0 Å². The highest BCUT2D eigenvalue weighted by Gasteiger charge is 2.51. The van der Waals surface area contributed by atoms with Crippen molar-refractivity contribution in [1.29, 1.82) is 0 Å². The molecule has 15 aromatic rings. The van der Waals surface area contributed by atoms with Crippen LogP contribution in [-0.2, 0) is 9.31 Å². The molecule has 0 aliphatic carbocycles. The fourth-order valence-electron chi connectivity index (χ4n) is 11.0. The van der Waals surface area contributed by atoms with E-state index in [-0.39, 0.29) is 11.2 Å². The molecule has 79 heavy (non-hydrogen) atoms. The molecule has 0 atom stereocenters. The minimum Gasteiger partial charge on any atom is -0.456 e. The molecule has 1 aliphatic rings. The zero-order valence-corrected chi connectivity index (χ0v) is 43.7. The van der Waals surface area contributed by atoms with Crippen LogP contribution >= 0.6 is 0 Å². The van der Waals surface area contributed by atoms with E-state index in [1.165, 1.54) is 0 Å². The molecule has 1 saturated heterocycles. The second-order valence-corrected chi connectivity index (χ2v) is 21.3. The number of aromatic nitrogens is 3. The van der Waals surface area contributed by atoms with E-state index in [1.807, 2.05) is 97.1 Å². The van der Waals surface area contributed by atoms with Gasteiger partial charge < -0.3 is 27.0 Å². The molecule has 1 aliphatic heterocycles. The SMILES string of the molecule is CC1(C)OB(c2ccc3oc4cc5c(cc4c3c2)oc2ccccc25)OC1(C)C.c1ccc(-c2ccc(-c3nc(-c4ccc5oc6cc7c(cc6c5c4)oc4ccccc47)nc(-c4ccccc4-c4ccccc4)n3)cc2)cc1. The first-order chi connectivity index (χ1) is 38.6. The van der Waals surface area contributed by atoms with Crippen LogP contribution < -0.4 is 5.46 Å². The second kappa shape index (κ2) is 18.0. The van der Waals surface area contributed by atoms with Gasteiger partial charge in [-0.3, -0.25) is 0 Å². The summed E-state index contributed by atoms with van der Waals surface area (Å²) < 4.78 is 37.3. The Labute approximate surface area is 453 Å². The van der Waals surface area contributed by atoms with E-state index in [0.29, 0.717) is 17.5 Å². The number of hydrogen-bond donors (Lipinski definition) is 0. The van der Waals surface area contributed by atoms with Crippen LogP contribution in [0, 0.1) is 0 Å². The summed E-state index contributed by atoms with van der Waals surface area (Å²) >= 11 is 0.